The highest BCUT2D eigenvalue weighted by Crippen LogP contribution is 2.28. The standard InChI is InChI=1S/C19H30N8/c1-14-13-15(21-19-22-18(20)23-24-19)3-4-17(14)27-7-5-16(6-8-27)26-11-9-25(2)10-12-26/h3-4,13,16H,5-12H2,1-2H3,(H4,20,21,22,23,24). The molecule has 0 bridgehead atoms. The predicted octanol–water partition coefficient (Wildman–Crippen LogP) is 1.66. The molecule has 27 heavy (non-hydrogen) atoms. The number of likely N-dealkylation sites (N-methyl/N-ethyl adjacent to an activating group) is 1. The van der Waals surface area contributed by atoms with Crippen LogP contribution >= 0.6 is 0 Å². The van der Waals surface area contributed by atoms with Gasteiger partial charge in [-0.15, -0.1) is 5.10 Å². The van der Waals surface area contributed by atoms with Gasteiger partial charge in [-0.25, -0.2) is 5.10 Å². The molecule has 2 fully saturated rings. The average Bonchev–Trinajstić information content (AvgIpc) is 3.07. The van der Waals surface area contributed by atoms with E-state index in [0.717, 1.165) is 24.8 Å². The van der Waals surface area contributed by atoms with Crippen LogP contribution in [0.5, 0.6) is 0 Å². The van der Waals surface area contributed by atoms with Gasteiger partial charge in [0, 0.05) is 56.7 Å². The summed E-state index contributed by atoms with van der Waals surface area (Å²) in [6.45, 7) is 9.25. The second-order valence-corrected chi connectivity index (χ2v) is 7.73. The highest BCUT2D eigenvalue weighted by atomic mass is 15.3. The zero-order valence-electron chi connectivity index (χ0n) is 16.3. The minimum Gasteiger partial charge on any atom is -0.371 e. The molecule has 0 unspecified atom stereocenters. The molecule has 0 saturated carbocycles. The van der Waals surface area contributed by atoms with Gasteiger partial charge in [-0.05, 0) is 50.6 Å². The Hall–Kier alpha value is -2.32. The smallest absolute Gasteiger partial charge is 0.248 e. The van der Waals surface area contributed by atoms with Gasteiger partial charge in [-0.1, -0.05) is 0 Å². The Bertz CT molecular complexity index is 757. The number of hydrogen-bond acceptors (Lipinski definition) is 7. The van der Waals surface area contributed by atoms with Crippen molar-refractivity contribution in [2.45, 2.75) is 25.8 Å². The van der Waals surface area contributed by atoms with E-state index in [9.17, 15) is 0 Å². The Balaban J connectivity index is 1.35. The van der Waals surface area contributed by atoms with E-state index >= 15 is 0 Å². The molecule has 2 aromatic rings. The molecule has 1 aromatic carbocycles. The molecule has 2 aliphatic rings. The summed E-state index contributed by atoms with van der Waals surface area (Å²) in [5.41, 5.74) is 9.14. The van der Waals surface area contributed by atoms with Crippen LogP contribution < -0.4 is 16.0 Å². The number of benzene rings is 1. The maximum atomic E-state index is 5.57. The molecule has 2 aliphatic heterocycles. The quantitative estimate of drug-likeness (QED) is 0.754. The molecule has 4 N–H and O–H groups in total. The van der Waals surface area contributed by atoms with Crippen molar-refractivity contribution in [3.05, 3.63) is 23.8 Å². The van der Waals surface area contributed by atoms with E-state index in [0.29, 0.717) is 11.9 Å². The van der Waals surface area contributed by atoms with Gasteiger partial charge in [0.25, 0.3) is 0 Å². The van der Waals surface area contributed by atoms with Crippen LogP contribution in [0.2, 0.25) is 0 Å². The lowest BCUT2D eigenvalue weighted by Gasteiger charge is -2.43. The molecule has 0 spiro atoms. The summed E-state index contributed by atoms with van der Waals surface area (Å²) < 4.78 is 0. The van der Waals surface area contributed by atoms with E-state index in [1.807, 2.05) is 0 Å². The van der Waals surface area contributed by atoms with Crippen LogP contribution in [-0.2, 0) is 0 Å². The number of anilines is 4. The number of hydrogen-bond donors (Lipinski definition) is 3. The third kappa shape index (κ3) is 4.17. The minimum absolute atomic E-state index is 0.314. The number of nitrogens with one attached hydrogen (secondary N) is 2. The van der Waals surface area contributed by atoms with Crippen LogP contribution in [0.1, 0.15) is 18.4 Å². The molecule has 8 nitrogen and oxygen atoms in total. The van der Waals surface area contributed by atoms with Crippen molar-refractivity contribution >= 4 is 23.3 Å². The van der Waals surface area contributed by atoms with Crippen LogP contribution in [0.15, 0.2) is 18.2 Å². The van der Waals surface area contributed by atoms with Crippen molar-refractivity contribution in [2.24, 2.45) is 0 Å². The van der Waals surface area contributed by atoms with Gasteiger partial charge in [-0.3, -0.25) is 4.90 Å². The molecule has 0 amide bonds. The highest BCUT2D eigenvalue weighted by molar-refractivity contribution is 5.63. The zero-order valence-corrected chi connectivity index (χ0v) is 16.3. The van der Waals surface area contributed by atoms with E-state index < -0.39 is 0 Å². The fraction of sp³-hybridized carbons (Fsp3) is 0.579. The van der Waals surface area contributed by atoms with Gasteiger partial charge in [0.15, 0.2) is 0 Å². The molecule has 3 heterocycles. The van der Waals surface area contributed by atoms with Crippen molar-refractivity contribution in [3.8, 4) is 0 Å². The lowest BCUT2D eigenvalue weighted by molar-refractivity contribution is 0.0982. The number of nitrogens with two attached hydrogens (primary N) is 1. The Morgan fingerprint density at radius 2 is 1.85 bits per heavy atom. The van der Waals surface area contributed by atoms with Gasteiger partial charge in [0.1, 0.15) is 0 Å². The van der Waals surface area contributed by atoms with Crippen LogP contribution in [0.3, 0.4) is 0 Å². The SMILES string of the molecule is Cc1cc(Nc2n[nH]c(N)n2)ccc1N1CCC(N2CCN(C)CC2)CC1. The number of H-pyrrole nitrogens is 1. The first-order chi connectivity index (χ1) is 13.1. The summed E-state index contributed by atoms with van der Waals surface area (Å²) in [6.07, 6.45) is 2.50. The number of piperidine rings is 1. The average molecular weight is 371 g/mol. The lowest BCUT2D eigenvalue weighted by atomic mass is 10.0. The molecular weight excluding hydrogens is 340 g/mol. The van der Waals surface area contributed by atoms with Crippen LogP contribution in [-0.4, -0.2) is 77.3 Å². The number of nitrogen functional groups attached to an aromatic ring is 1. The van der Waals surface area contributed by atoms with Gasteiger partial charge in [-0.2, -0.15) is 4.98 Å². The number of aromatic amines is 1. The summed E-state index contributed by atoms with van der Waals surface area (Å²) in [4.78, 5) is 11.7. The predicted molar refractivity (Wildman–Crippen MR) is 110 cm³/mol. The topological polar surface area (TPSA) is 89.3 Å². The normalized spacial score (nSPS) is 20.1. The summed E-state index contributed by atoms with van der Waals surface area (Å²) in [5, 5.41) is 9.85. The van der Waals surface area contributed by atoms with Gasteiger partial charge < -0.3 is 20.9 Å². The largest absolute Gasteiger partial charge is 0.371 e. The number of aryl methyl sites for hydroxylation is 1. The second kappa shape index (κ2) is 7.74. The van der Waals surface area contributed by atoms with Crippen LogP contribution in [0.25, 0.3) is 0 Å². The van der Waals surface area contributed by atoms with E-state index in [1.54, 1.807) is 0 Å². The van der Waals surface area contributed by atoms with Crippen LogP contribution in [0, 0.1) is 6.92 Å². The Kier molecular flexibility index (Phi) is 5.18. The summed E-state index contributed by atoms with van der Waals surface area (Å²) >= 11 is 0. The Labute approximate surface area is 160 Å². The second-order valence-electron chi connectivity index (χ2n) is 7.73. The molecule has 146 valence electrons. The Morgan fingerprint density at radius 1 is 1.11 bits per heavy atom. The third-order valence-corrected chi connectivity index (χ3v) is 5.82. The zero-order chi connectivity index (χ0) is 18.8. The summed E-state index contributed by atoms with van der Waals surface area (Å²) in [7, 11) is 2.22. The maximum absolute atomic E-state index is 5.57. The lowest BCUT2D eigenvalue weighted by Crippen LogP contribution is -2.52. The molecule has 0 atom stereocenters. The minimum atomic E-state index is 0.314. The fourth-order valence-corrected chi connectivity index (χ4v) is 4.21. The first-order valence-electron chi connectivity index (χ1n) is 9.81. The first-order valence-corrected chi connectivity index (χ1v) is 9.81. The molecule has 1 aromatic heterocycles. The summed E-state index contributed by atoms with van der Waals surface area (Å²) in [5.74, 6) is 0.807. The van der Waals surface area contributed by atoms with E-state index in [2.05, 4.69) is 67.4 Å². The maximum Gasteiger partial charge on any atom is 0.248 e. The molecular formula is C19H30N8. The van der Waals surface area contributed by atoms with Gasteiger partial charge in [0.05, 0.1) is 0 Å². The highest BCUT2D eigenvalue weighted by Gasteiger charge is 2.27. The molecule has 0 aliphatic carbocycles. The first kappa shape index (κ1) is 18.1. The van der Waals surface area contributed by atoms with E-state index in [4.69, 9.17) is 5.73 Å². The number of nitrogens with zero attached hydrogens (tertiary/aromatic N) is 5. The van der Waals surface area contributed by atoms with Crippen LogP contribution in [0.4, 0.5) is 23.3 Å². The number of aromatic nitrogens is 3. The monoisotopic (exact) mass is 370 g/mol. The van der Waals surface area contributed by atoms with Crippen molar-refractivity contribution < 1.29 is 0 Å². The van der Waals surface area contributed by atoms with E-state index in [1.165, 1.54) is 50.3 Å². The van der Waals surface area contributed by atoms with Crippen molar-refractivity contribution in [2.75, 3.05) is 62.3 Å². The van der Waals surface area contributed by atoms with Gasteiger partial charge in [0.2, 0.25) is 11.9 Å². The Morgan fingerprint density at radius 3 is 2.48 bits per heavy atom. The molecule has 4 rings (SSSR count). The molecule has 0 radical (unpaired) electrons. The number of piperazine rings is 1. The van der Waals surface area contributed by atoms with Crippen molar-refractivity contribution in [1.82, 2.24) is 25.0 Å². The third-order valence-electron chi connectivity index (χ3n) is 5.82. The van der Waals surface area contributed by atoms with Crippen molar-refractivity contribution in [1.29, 1.82) is 0 Å². The van der Waals surface area contributed by atoms with Crippen molar-refractivity contribution in [3.63, 3.8) is 0 Å². The number of rotatable bonds is 4. The molecule has 2 saturated heterocycles. The molecule has 8 heteroatoms. The van der Waals surface area contributed by atoms with Gasteiger partial charge >= 0.3 is 0 Å². The fourth-order valence-electron chi connectivity index (χ4n) is 4.21. The van der Waals surface area contributed by atoms with E-state index in [-0.39, 0.29) is 0 Å². The summed E-state index contributed by atoms with van der Waals surface area (Å²) in [6, 6.07) is 7.17.